The summed E-state index contributed by atoms with van der Waals surface area (Å²) >= 11 is 0. The Kier molecular flexibility index (Phi) is 5.10. The van der Waals surface area contributed by atoms with E-state index < -0.39 is 11.5 Å². The molecular weight excluding hydrogens is 298 g/mol. The van der Waals surface area contributed by atoms with Gasteiger partial charge in [0.05, 0.1) is 18.4 Å². The van der Waals surface area contributed by atoms with Crippen molar-refractivity contribution in [2.45, 2.75) is 13.8 Å². The molecule has 2 rings (SSSR count). The Balaban J connectivity index is 2.54. The summed E-state index contributed by atoms with van der Waals surface area (Å²) in [6.07, 6.45) is 0. The van der Waals surface area contributed by atoms with Crippen LogP contribution in [0.5, 0.6) is 5.75 Å². The number of ether oxygens (including phenoxy) is 2. The molecule has 0 amide bonds. The average Bonchev–Trinajstić information content (AvgIpc) is 2.54. The lowest BCUT2D eigenvalue weighted by Gasteiger charge is -2.11. The van der Waals surface area contributed by atoms with Crippen molar-refractivity contribution in [2.75, 3.05) is 13.2 Å². The van der Waals surface area contributed by atoms with Crippen molar-refractivity contribution < 1.29 is 14.3 Å². The third-order valence-electron chi connectivity index (χ3n) is 2.94. The predicted molar refractivity (Wildman–Crippen MR) is 81.6 cm³/mol. The number of hydrogen-bond acceptors (Lipinski definition) is 6. The summed E-state index contributed by atoms with van der Waals surface area (Å²) in [4.78, 5) is 24.2. The van der Waals surface area contributed by atoms with Gasteiger partial charge in [0.25, 0.3) is 5.56 Å². The number of benzene rings is 1. The van der Waals surface area contributed by atoms with Gasteiger partial charge in [0.1, 0.15) is 6.07 Å². The van der Waals surface area contributed by atoms with Crippen LogP contribution in [0.3, 0.4) is 0 Å². The fraction of sp³-hybridized carbons (Fsp3) is 0.250. The number of aromatic nitrogens is 2. The molecular formula is C16H15N3O4. The van der Waals surface area contributed by atoms with Crippen molar-refractivity contribution >= 4 is 5.97 Å². The van der Waals surface area contributed by atoms with Crippen LogP contribution in [0.4, 0.5) is 0 Å². The molecule has 1 aromatic carbocycles. The maximum absolute atomic E-state index is 12.2. The average molecular weight is 313 g/mol. The molecule has 7 heteroatoms. The van der Waals surface area contributed by atoms with Gasteiger partial charge >= 0.3 is 5.97 Å². The highest BCUT2D eigenvalue weighted by molar-refractivity contribution is 5.90. The van der Waals surface area contributed by atoms with Crippen molar-refractivity contribution in [3.8, 4) is 17.5 Å². The van der Waals surface area contributed by atoms with Crippen LogP contribution >= 0.6 is 0 Å². The summed E-state index contributed by atoms with van der Waals surface area (Å²) in [5.74, 6) is -0.792. The molecule has 0 unspecified atom stereocenters. The summed E-state index contributed by atoms with van der Waals surface area (Å²) in [5, 5.41) is 12.6. The minimum absolute atomic E-state index is 0.0710. The van der Waals surface area contributed by atoms with Crippen LogP contribution in [0, 0.1) is 18.3 Å². The van der Waals surface area contributed by atoms with Gasteiger partial charge in [0, 0.05) is 0 Å². The number of carbonyl (C=O) groups is 1. The van der Waals surface area contributed by atoms with Gasteiger partial charge in [-0.15, -0.1) is 0 Å². The Labute approximate surface area is 132 Å². The molecule has 2 aromatic rings. The van der Waals surface area contributed by atoms with Gasteiger partial charge in [-0.25, -0.2) is 4.79 Å². The first-order valence-corrected chi connectivity index (χ1v) is 6.95. The second-order valence-corrected chi connectivity index (χ2v) is 4.61. The van der Waals surface area contributed by atoms with Crippen LogP contribution in [-0.2, 0) is 4.74 Å². The fourth-order valence-corrected chi connectivity index (χ4v) is 1.87. The zero-order chi connectivity index (χ0) is 16.8. The number of hydrogen-bond donors (Lipinski definition) is 0. The first kappa shape index (κ1) is 16.2. The highest BCUT2D eigenvalue weighted by atomic mass is 16.5. The van der Waals surface area contributed by atoms with Crippen LogP contribution in [0.15, 0.2) is 35.1 Å². The van der Waals surface area contributed by atoms with Crippen molar-refractivity contribution in [2.24, 2.45) is 0 Å². The topological polar surface area (TPSA) is 94.2 Å². The normalized spacial score (nSPS) is 9.96. The zero-order valence-electron chi connectivity index (χ0n) is 12.8. The molecule has 118 valence electrons. The second-order valence-electron chi connectivity index (χ2n) is 4.61. The van der Waals surface area contributed by atoms with Gasteiger partial charge < -0.3 is 9.47 Å². The van der Waals surface area contributed by atoms with E-state index in [2.05, 4.69) is 5.10 Å². The smallest absolute Gasteiger partial charge is 0.362 e. The van der Waals surface area contributed by atoms with Crippen molar-refractivity contribution in [1.82, 2.24) is 9.78 Å². The number of carbonyl (C=O) groups excluding carboxylic acids is 1. The number of esters is 1. The first-order valence-electron chi connectivity index (χ1n) is 6.95. The van der Waals surface area contributed by atoms with Gasteiger partial charge in [-0.3, -0.25) is 4.79 Å². The van der Waals surface area contributed by atoms with Gasteiger partial charge in [0.2, 0.25) is 5.69 Å². The van der Waals surface area contributed by atoms with E-state index in [1.807, 2.05) is 19.1 Å². The van der Waals surface area contributed by atoms with Gasteiger partial charge in [-0.2, -0.15) is 15.0 Å². The molecule has 0 radical (unpaired) electrons. The second kappa shape index (κ2) is 7.22. The van der Waals surface area contributed by atoms with E-state index in [0.717, 1.165) is 16.3 Å². The molecule has 0 bridgehead atoms. The minimum Gasteiger partial charge on any atom is -0.476 e. The van der Waals surface area contributed by atoms with E-state index in [9.17, 15) is 9.59 Å². The minimum atomic E-state index is -0.721. The maximum atomic E-state index is 12.2. The lowest BCUT2D eigenvalue weighted by molar-refractivity contribution is 0.0512. The molecule has 0 aliphatic carbocycles. The van der Waals surface area contributed by atoms with Crippen molar-refractivity contribution in [1.29, 1.82) is 5.26 Å². The summed E-state index contributed by atoms with van der Waals surface area (Å²) in [7, 11) is 0. The molecule has 0 atom stereocenters. The quantitative estimate of drug-likeness (QED) is 0.779. The van der Waals surface area contributed by atoms with Gasteiger partial charge in [0.15, 0.2) is 12.4 Å². The summed E-state index contributed by atoms with van der Waals surface area (Å²) in [6.45, 7) is 3.43. The first-order chi connectivity index (χ1) is 11.1. The molecule has 7 nitrogen and oxygen atoms in total. The number of rotatable bonds is 5. The SMILES string of the molecule is CCOC(=O)c1nn(-c2ccc(C)cc2)c(=O)cc1OCC#N. The third-order valence-corrected chi connectivity index (χ3v) is 2.94. The Morgan fingerprint density at radius 1 is 1.35 bits per heavy atom. The lowest BCUT2D eigenvalue weighted by atomic mass is 10.2. The van der Waals surface area contributed by atoms with E-state index in [1.165, 1.54) is 0 Å². The number of nitriles is 1. The zero-order valence-corrected chi connectivity index (χ0v) is 12.8. The molecule has 0 saturated heterocycles. The summed E-state index contributed by atoms with van der Waals surface area (Å²) in [5.41, 5.74) is 0.913. The van der Waals surface area contributed by atoms with Crippen LogP contribution in [0.1, 0.15) is 23.0 Å². The molecule has 0 N–H and O–H groups in total. The number of aryl methyl sites for hydroxylation is 1. The van der Waals surface area contributed by atoms with E-state index in [4.69, 9.17) is 14.7 Å². The molecule has 0 saturated carbocycles. The van der Waals surface area contributed by atoms with Gasteiger partial charge in [-0.1, -0.05) is 17.7 Å². The molecule has 0 fully saturated rings. The van der Waals surface area contributed by atoms with Crippen LogP contribution in [0.2, 0.25) is 0 Å². The Bertz CT molecular complexity index is 804. The highest BCUT2D eigenvalue weighted by Crippen LogP contribution is 2.16. The van der Waals surface area contributed by atoms with Crippen LogP contribution < -0.4 is 10.3 Å². The van der Waals surface area contributed by atoms with E-state index in [0.29, 0.717) is 5.69 Å². The lowest BCUT2D eigenvalue weighted by Crippen LogP contribution is -2.25. The maximum Gasteiger partial charge on any atom is 0.362 e. The highest BCUT2D eigenvalue weighted by Gasteiger charge is 2.19. The van der Waals surface area contributed by atoms with Gasteiger partial charge in [-0.05, 0) is 26.0 Å². The molecule has 0 aliphatic heterocycles. The molecule has 0 spiro atoms. The molecule has 1 heterocycles. The molecule has 0 aliphatic rings. The molecule has 1 aromatic heterocycles. The summed E-state index contributed by atoms with van der Waals surface area (Å²) in [6, 6.07) is 9.98. The predicted octanol–water partition coefficient (Wildman–Crippen LogP) is 1.62. The van der Waals surface area contributed by atoms with E-state index in [1.54, 1.807) is 25.1 Å². The Morgan fingerprint density at radius 2 is 2.04 bits per heavy atom. The molecule has 23 heavy (non-hydrogen) atoms. The Morgan fingerprint density at radius 3 is 2.65 bits per heavy atom. The summed E-state index contributed by atoms with van der Waals surface area (Å²) < 4.78 is 11.1. The fourth-order valence-electron chi connectivity index (χ4n) is 1.87. The largest absolute Gasteiger partial charge is 0.476 e. The third kappa shape index (κ3) is 3.74. The van der Waals surface area contributed by atoms with Crippen LogP contribution in [0.25, 0.3) is 5.69 Å². The van der Waals surface area contributed by atoms with E-state index in [-0.39, 0.29) is 24.7 Å². The number of nitrogens with zero attached hydrogens (tertiary/aromatic N) is 3. The Hall–Kier alpha value is -3.14. The van der Waals surface area contributed by atoms with E-state index >= 15 is 0 Å². The van der Waals surface area contributed by atoms with Crippen molar-refractivity contribution in [3.05, 3.63) is 51.9 Å². The van der Waals surface area contributed by atoms with Crippen LogP contribution in [-0.4, -0.2) is 29.0 Å². The standard InChI is InChI=1S/C16H15N3O4/c1-3-22-16(21)15-13(23-9-8-17)10-14(20)19(18-15)12-6-4-11(2)5-7-12/h4-7,10H,3,9H2,1-2H3. The monoisotopic (exact) mass is 313 g/mol. The van der Waals surface area contributed by atoms with Crippen molar-refractivity contribution in [3.63, 3.8) is 0 Å².